The van der Waals surface area contributed by atoms with Gasteiger partial charge in [-0.15, -0.1) is 10.2 Å². The lowest BCUT2D eigenvalue weighted by Crippen LogP contribution is -2.39. The van der Waals surface area contributed by atoms with E-state index in [-0.39, 0.29) is 17.0 Å². The third-order valence-electron chi connectivity index (χ3n) is 6.69. The molecule has 2 aromatic heterocycles. The number of carbonyl (C=O) groups is 1. The molecular formula is C25H23FN6O2. The summed E-state index contributed by atoms with van der Waals surface area (Å²) in [5, 5.41) is 16.6. The number of benzene rings is 2. The van der Waals surface area contributed by atoms with Crippen LogP contribution in [0.25, 0.3) is 10.8 Å². The van der Waals surface area contributed by atoms with E-state index in [0.29, 0.717) is 43.1 Å². The van der Waals surface area contributed by atoms with Gasteiger partial charge in [-0.2, -0.15) is 5.10 Å². The van der Waals surface area contributed by atoms with Crippen molar-refractivity contribution in [1.29, 1.82) is 0 Å². The van der Waals surface area contributed by atoms with Crippen LogP contribution in [-0.4, -0.2) is 42.3 Å². The van der Waals surface area contributed by atoms with Gasteiger partial charge in [-0.3, -0.25) is 9.59 Å². The number of hydrogen-bond donors (Lipinski definition) is 1. The van der Waals surface area contributed by atoms with Gasteiger partial charge in [0, 0.05) is 31.3 Å². The number of rotatable bonds is 5. The number of nitrogens with zero attached hydrogens (tertiary/aromatic N) is 5. The Hall–Kier alpha value is -3.88. The van der Waals surface area contributed by atoms with Crippen LogP contribution in [0.2, 0.25) is 0 Å². The van der Waals surface area contributed by atoms with Crippen molar-refractivity contribution in [3.8, 4) is 0 Å². The minimum atomic E-state index is -0.561. The first-order valence-corrected chi connectivity index (χ1v) is 11.5. The first kappa shape index (κ1) is 20.7. The topological polar surface area (TPSA) is 96.8 Å². The largest absolute Gasteiger partial charge is 0.329 e. The summed E-state index contributed by atoms with van der Waals surface area (Å²) in [7, 11) is 0. The Morgan fingerprint density at radius 1 is 1.09 bits per heavy atom. The summed E-state index contributed by atoms with van der Waals surface area (Å²) >= 11 is 0. The maximum absolute atomic E-state index is 14.7. The van der Waals surface area contributed by atoms with Crippen molar-refractivity contribution in [3.63, 3.8) is 0 Å². The molecule has 0 bridgehead atoms. The van der Waals surface area contributed by atoms with E-state index in [4.69, 9.17) is 0 Å². The van der Waals surface area contributed by atoms with Crippen molar-refractivity contribution < 1.29 is 9.18 Å². The van der Waals surface area contributed by atoms with Gasteiger partial charge >= 0.3 is 0 Å². The lowest BCUT2D eigenvalue weighted by atomic mass is 10.0. The first-order valence-electron chi connectivity index (χ1n) is 11.5. The van der Waals surface area contributed by atoms with Crippen molar-refractivity contribution in [3.05, 3.63) is 87.1 Å². The van der Waals surface area contributed by atoms with Crippen LogP contribution >= 0.6 is 0 Å². The number of nitrogens with one attached hydrogen (secondary N) is 1. The molecule has 1 N–H and O–H groups in total. The van der Waals surface area contributed by atoms with Crippen LogP contribution in [0.4, 0.5) is 4.39 Å². The van der Waals surface area contributed by atoms with Gasteiger partial charge in [0.1, 0.15) is 11.6 Å². The van der Waals surface area contributed by atoms with E-state index in [1.54, 1.807) is 29.2 Å². The zero-order valence-electron chi connectivity index (χ0n) is 18.5. The van der Waals surface area contributed by atoms with E-state index in [2.05, 4.69) is 25.0 Å². The molecular weight excluding hydrogens is 435 g/mol. The van der Waals surface area contributed by atoms with Crippen molar-refractivity contribution in [2.24, 2.45) is 5.92 Å². The summed E-state index contributed by atoms with van der Waals surface area (Å²) in [6, 6.07) is 11.8. The molecule has 6 rings (SSSR count). The molecule has 2 aromatic carbocycles. The standard InChI is InChI=1S/C25H23FN6O2/c26-20-8-7-16(12-21-17-3-1-2-4-18(17)24(33)30-27-21)11-19(20)25(34)31-9-10-32-22(13-15-5-6-15)28-29-23(32)14-31/h1-4,7-8,11,15H,5-6,9-10,12-14H2,(H,30,33). The molecule has 0 atom stereocenters. The highest BCUT2D eigenvalue weighted by Gasteiger charge is 2.29. The maximum Gasteiger partial charge on any atom is 0.272 e. The number of amides is 1. The van der Waals surface area contributed by atoms with Crippen LogP contribution in [-0.2, 0) is 25.9 Å². The Morgan fingerprint density at radius 3 is 2.74 bits per heavy atom. The quantitative estimate of drug-likeness (QED) is 0.496. The molecule has 0 spiro atoms. The van der Waals surface area contributed by atoms with Crippen LogP contribution < -0.4 is 5.56 Å². The predicted molar refractivity (Wildman–Crippen MR) is 123 cm³/mol. The summed E-state index contributed by atoms with van der Waals surface area (Å²) < 4.78 is 16.8. The fourth-order valence-electron chi connectivity index (χ4n) is 4.64. The second-order valence-electron chi connectivity index (χ2n) is 9.09. The van der Waals surface area contributed by atoms with E-state index in [1.807, 2.05) is 12.1 Å². The molecule has 1 amide bonds. The van der Waals surface area contributed by atoms with Crippen molar-refractivity contribution in [2.75, 3.05) is 6.54 Å². The van der Waals surface area contributed by atoms with Gasteiger partial charge in [-0.25, -0.2) is 9.49 Å². The number of fused-ring (bicyclic) bond motifs is 2. The minimum absolute atomic E-state index is 0.0254. The minimum Gasteiger partial charge on any atom is -0.329 e. The average molecular weight is 458 g/mol. The lowest BCUT2D eigenvalue weighted by molar-refractivity contribution is 0.0701. The number of aromatic nitrogens is 5. The van der Waals surface area contributed by atoms with Crippen molar-refractivity contribution in [1.82, 2.24) is 29.9 Å². The second kappa shape index (κ2) is 8.16. The Bertz CT molecular complexity index is 1470. The fraction of sp³-hybridized carbons (Fsp3) is 0.320. The van der Waals surface area contributed by atoms with Gasteiger partial charge < -0.3 is 9.47 Å². The molecule has 34 heavy (non-hydrogen) atoms. The van der Waals surface area contributed by atoms with Crippen molar-refractivity contribution in [2.45, 2.75) is 38.8 Å². The van der Waals surface area contributed by atoms with E-state index in [9.17, 15) is 14.0 Å². The highest BCUT2D eigenvalue weighted by Crippen LogP contribution is 2.32. The monoisotopic (exact) mass is 458 g/mol. The zero-order chi connectivity index (χ0) is 23.2. The van der Waals surface area contributed by atoms with Gasteiger partial charge in [-0.05, 0) is 42.5 Å². The molecule has 9 heteroatoms. The van der Waals surface area contributed by atoms with Gasteiger partial charge in [-0.1, -0.05) is 24.3 Å². The lowest BCUT2D eigenvalue weighted by Gasteiger charge is -2.28. The molecule has 8 nitrogen and oxygen atoms in total. The van der Waals surface area contributed by atoms with Crippen LogP contribution in [0.15, 0.2) is 47.3 Å². The van der Waals surface area contributed by atoms with Crippen LogP contribution in [0.1, 0.15) is 46.1 Å². The molecule has 0 radical (unpaired) electrons. The highest BCUT2D eigenvalue weighted by atomic mass is 19.1. The number of H-pyrrole nitrogens is 1. The summed E-state index contributed by atoms with van der Waals surface area (Å²) in [4.78, 5) is 26.9. The van der Waals surface area contributed by atoms with Gasteiger partial charge in [0.2, 0.25) is 0 Å². The third kappa shape index (κ3) is 3.76. The Kier molecular flexibility index (Phi) is 4.97. The molecule has 172 valence electrons. The molecule has 0 saturated heterocycles. The molecule has 4 aromatic rings. The zero-order valence-corrected chi connectivity index (χ0v) is 18.5. The fourth-order valence-corrected chi connectivity index (χ4v) is 4.64. The predicted octanol–water partition coefficient (Wildman–Crippen LogP) is 2.85. The van der Waals surface area contributed by atoms with E-state index < -0.39 is 5.82 Å². The average Bonchev–Trinajstić information content (AvgIpc) is 3.60. The summed E-state index contributed by atoms with van der Waals surface area (Å²) in [5.74, 6) is 1.51. The summed E-state index contributed by atoms with van der Waals surface area (Å²) in [5.41, 5.74) is 1.17. The van der Waals surface area contributed by atoms with Gasteiger partial charge in [0.25, 0.3) is 11.5 Å². The number of halogens is 1. The second-order valence-corrected chi connectivity index (χ2v) is 9.09. The molecule has 2 aliphatic rings. The highest BCUT2D eigenvalue weighted by molar-refractivity contribution is 5.94. The summed E-state index contributed by atoms with van der Waals surface area (Å²) in [6.45, 7) is 1.41. The Balaban J connectivity index is 1.25. The van der Waals surface area contributed by atoms with E-state index in [0.717, 1.165) is 29.0 Å². The SMILES string of the molecule is O=C(c1cc(Cc2n[nH]c(=O)c3ccccc23)ccc1F)N1CCn2c(CC3CC3)nnc2C1. The number of carbonyl (C=O) groups excluding carboxylic acids is 1. The molecule has 3 heterocycles. The molecule has 1 aliphatic carbocycles. The molecule has 1 fully saturated rings. The number of aromatic amines is 1. The van der Waals surface area contributed by atoms with Crippen LogP contribution in [0, 0.1) is 11.7 Å². The Labute approximate surface area is 194 Å². The van der Waals surface area contributed by atoms with Gasteiger partial charge in [0.05, 0.1) is 23.2 Å². The van der Waals surface area contributed by atoms with Crippen molar-refractivity contribution >= 4 is 16.7 Å². The first-order chi connectivity index (χ1) is 16.6. The van der Waals surface area contributed by atoms with Crippen LogP contribution in [0.3, 0.4) is 0 Å². The maximum atomic E-state index is 14.7. The van der Waals surface area contributed by atoms with E-state index >= 15 is 0 Å². The normalized spacial score (nSPS) is 15.5. The van der Waals surface area contributed by atoms with Gasteiger partial charge in [0.15, 0.2) is 5.82 Å². The third-order valence-corrected chi connectivity index (χ3v) is 6.69. The van der Waals surface area contributed by atoms with Crippen LogP contribution in [0.5, 0.6) is 0 Å². The molecule has 1 saturated carbocycles. The molecule has 1 aliphatic heterocycles. The van der Waals surface area contributed by atoms with E-state index in [1.165, 1.54) is 18.9 Å². The smallest absolute Gasteiger partial charge is 0.272 e. The number of hydrogen-bond acceptors (Lipinski definition) is 5. The Morgan fingerprint density at radius 2 is 1.91 bits per heavy atom. The molecule has 0 unspecified atom stereocenters. The summed E-state index contributed by atoms with van der Waals surface area (Å²) in [6.07, 6.45) is 3.78.